The fourth-order valence-electron chi connectivity index (χ4n) is 1.93. The Hall–Kier alpha value is 0.0700. The summed E-state index contributed by atoms with van der Waals surface area (Å²) in [6, 6.07) is 0.618. The highest BCUT2D eigenvalue weighted by atomic mass is 32.2. The summed E-state index contributed by atoms with van der Waals surface area (Å²) >= 11 is 0. The van der Waals surface area contributed by atoms with E-state index in [2.05, 4.69) is 12.2 Å². The van der Waals surface area contributed by atoms with Gasteiger partial charge >= 0.3 is 0 Å². The molecule has 0 aromatic heterocycles. The van der Waals surface area contributed by atoms with E-state index in [-0.39, 0.29) is 12.1 Å². The Kier molecular flexibility index (Phi) is 5.06. The van der Waals surface area contributed by atoms with Gasteiger partial charge < -0.3 is 10.4 Å². The van der Waals surface area contributed by atoms with E-state index in [1.165, 1.54) is 0 Å². The summed E-state index contributed by atoms with van der Waals surface area (Å²) in [5.41, 5.74) is 0. The van der Waals surface area contributed by atoms with Gasteiger partial charge in [-0.25, -0.2) is 0 Å². The lowest BCUT2D eigenvalue weighted by atomic mass is 10.1. The molecule has 0 radical (unpaired) electrons. The minimum atomic E-state index is -0.700. The molecule has 0 spiro atoms. The van der Waals surface area contributed by atoms with Crippen LogP contribution in [-0.4, -0.2) is 39.5 Å². The normalized spacial score (nSPS) is 31.6. The van der Waals surface area contributed by atoms with Gasteiger partial charge in [-0.05, 0) is 32.6 Å². The molecule has 4 atom stereocenters. The van der Waals surface area contributed by atoms with Gasteiger partial charge in [0.05, 0.1) is 6.10 Å². The Balaban J connectivity index is 2.19. The van der Waals surface area contributed by atoms with Gasteiger partial charge in [0.1, 0.15) is 0 Å². The molecule has 84 valence electrons. The highest BCUT2D eigenvalue weighted by molar-refractivity contribution is 7.84. The lowest BCUT2D eigenvalue weighted by molar-refractivity contribution is 0.143. The number of aliphatic hydroxyl groups is 1. The first-order chi connectivity index (χ1) is 6.59. The number of hydrogen-bond acceptors (Lipinski definition) is 3. The highest BCUT2D eigenvalue weighted by Gasteiger charge is 2.25. The summed E-state index contributed by atoms with van der Waals surface area (Å²) in [7, 11) is -0.700. The molecule has 0 aromatic carbocycles. The lowest BCUT2D eigenvalue weighted by Gasteiger charge is -2.21. The SMILES string of the molecule is CC(CCS(C)=O)N[C@H]1CCC[C@@H]1O. The smallest absolute Gasteiger partial charge is 0.0693 e. The van der Waals surface area contributed by atoms with Crippen molar-refractivity contribution in [2.24, 2.45) is 0 Å². The third kappa shape index (κ3) is 4.07. The van der Waals surface area contributed by atoms with E-state index in [4.69, 9.17) is 0 Å². The molecule has 2 N–H and O–H groups in total. The van der Waals surface area contributed by atoms with E-state index < -0.39 is 10.8 Å². The van der Waals surface area contributed by atoms with Crippen LogP contribution < -0.4 is 5.32 Å². The lowest BCUT2D eigenvalue weighted by Crippen LogP contribution is -2.41. The third-order valence-electron chi connectivity index (χ3n) is 2.82. The molecular weight excluding hydrogens is 198 g/mol. The van der Waals surface area contributed by atoms with E-state index in [1.807, 2.05) is 0 Å². The molecule has 1 saturated carbocycles. The van der Waals surface area contributed by atoms with Crippen molar-refractivity contribution < 1.29 is 9.32 Å². The summed E-state index contributed by atoms with van der Waals surface area (Å²) in [6.45, 7) is 2.10. The van der Waals surface area contributed by atoms with Crippen LogP contribution in [0.3, 0.4) is 0 Å². The minimum Gasteiger partial charge on any atom is -0.392 e. The van der Waals surface area contributed by atoms with Crippen LogP contribution in [0.5, 0.6) is 0 Å². The average Bonchev–Trinajstić information content (AvgIpc) is 2.49. The van der Waals surface area contributed by atoms with Crippen LogP contribution in [0, 0.1) is 0 Å². The van der Waals surface area contributed by atoms with Crippen molar-refractivity contribution in [2.45, 2.75) is 50.8 Å². The summed E-state index contributed by atoms with van der Waals surface area (Å²) in [4.78, 5) is 0. The van der Waals surface area contributed by atoms with Gasteiger partial charge in [0.2, 0.25) is 0 Å². The van der Waals surface area contributed by atoms with Crippen molar-refractivity contribution in [3.05, 3.63) is 0 Å². The molecule has 0 aliphatic heterocycles. The number of aliphatic hydroxyl groups excluding tert-OH is 1. The Morgan fingerprint density at radius 1 is 1.57 bits per heavy atom. The van der Waals surface area contributed by atoms with Crippen LogP contribution >= 0.6 is 0 Å². The predicted molar refractivity (Wildman–Crippen MR) is 59.8 cm³/mol. The minimum absolute atomic E-state index is 0.176. The van der Waals surface area contributed by atoms with Gasteiger partial charge in [0.25, 0.3) is 0 Å². The van der Waals surface area contributed by atoms with E-state index in [0.717, 1.165) is 31.4 Å². The Morgan fingerprint density at radius 2 is 2.29 bits per heavy atom. The standard InChI is InChI=1S/C10H21NO2S/c1-8(6-7-14(2)13)11-9-4-3-5-10(9)12/h8-12H,3-7H2,1-2H3/t8?,9-,10-,14?/m0/s1. The molecule has 0 amide bonds. The zero-order valence-corrected chi connectivity index (χ0v) is 9.85. The Labute approximate surface area is 88.7 Å². The molecule has 0 aromatic rings. The summed E-state index contributed by atoms with van der Waals surface area (Å²) in [5.74, 6) is 0.747. The fraction of sp³-hybridized carbons (Fsp3) is 1.00. The average molecular weight is 219 g/mol. The summed E-state index contributed by atoms with van der Waals surface area (Å²) in [6.07, 6.45) is 5.59. The van der Waals surface area contributed by atoms with Crippen molar-refractivity contribution in [1.29, 1.82) is 0 Å². The van der Waals surface area contributed by atoms with Gasteiger partial charge in [-0.1, -0.05) is 0 Å². The van der Waals surface area contributed by atoms with Gasteiger partial charge in [-0.3, -0.25) is 4.21 Å². The topological polar surface area (TPSA) is 49.3 Å². The zero-order chi connectivity index (χ0) is 10.6. The van der Waals surface area contributed by atoms with Crippen molar-refractivity contribution in [2.75, 3.05) is 12.0 Å². The first-order valence-electron chi connectivity index (χ1n) is 5.33. The number of hydrogen-bond donors (Lipinski definition) is 2. The van der Waals surface area contributed by atoms with Crippen LogP contribution in [0.25, 0.3) is 0 Å². The van der Waals surface area contributed by atoms with Crippen LogP contribution in [0.4, 0.5) is 0 Å². The maximum absolute atomic E-state index is 10.9. The quantitative estimate of drug-likeness (QED) is 0.713. The van der Waals surface area contributed by atoms with E-state index in [9.17, 15) is 9.32 Å². The predicted octanol–water partition coefficient (Wildman–Crippen LogP) is 0.646. The first-order valence-corrected chi connectivity index (χ1v) is 7.06. The fourth-order valence-corrected chi connectivity index (χ4v) is 2.61. The molecule has 1 fully saturated rings. The van der Waals surface area contributed by atoms with E-state index in [0.29, 0.717) is 6.04 Å². The van der Waals surface area contributed by atoms with E-state index in [1.54, 1.807) is 6.26 Å². The van der Waals surface area contributed by atoms with Gasteiger partial charge in [-0.2, -0.15) is 0 Å². The maximum atomic E-state index is 10.9. The zero-order valence-electron chi connectivity index (χ0n) is 9.03. The first kappa shape index (κ1) is 12.1. The van der Waals surface area contributed by atoms with Gasteiger partial charge in [-0.15, -0.1) is 0 Å². The second kappa shape index (κ2) is 5.83. The number of rotatable bonds is 5. The van der Waals surface area contributed by atoms with Crippen molar-refractivity contribution in [1.82, 2.24) is 5.32 Å². The molecule has 4 heteroatoms. The Morgan fingerprint density at radius 3 is 2.79 bits per heavy atom. The van der Waals surface area contributed by atoms with Crippen molar-refractivity contribution >= 4 is 10.8 Å². The Bertz CT molecular complexity index is 199. The van der Waals surface area contributed by atoms with Crippen LogP contribution in [-0.2, 0) is 10.8 Å². The highest BCUT2D eigenvalue weighted by Crippen LogP contribution is 2.19. The van der Waals surface area contributed by atoms with Crippen LogP contribution in [0.2, 0.25) is 0 Å². The molecule has 0 heterocycles. The van der Waals surface area contributed by atoms with Gasteiger partial charge in [0, 0.05) is 34.9 Å². The monoisotopic (exact) mass is 219 g/mol. The molecule has 2 unspecified atom stereocenters. The molecule has 1 aliphatic rings. The summed E-state index contributed by atoms with van der Waals surface area (Å²) < 4.78 is 10.9. The van der Waals surface area contributed by atoms with Crippen LogP contribution in [0.15, 0.2) is 0 Å². The largest absolute Gasteiger partial charge is 0.392 e. The van der Waals surface area contributed by atoms with Crippen molar-refractivity contribution in [3.8, 4) is 0 Å². The van der Waals surface area contributed by atoms with Gasteiger partial charge in [0.15, 0.2) is 0 Å². The molecule has 1 aliphatic carbocycles. The number of nitrogens with one attached hydrogen (secondary N) is 1. The third-order valence-corrected chi connectivity index (χ3v) is 3.63. The van der Waals surface area contributed by atoms with Crippen molar-refractivity contribution in [3.63, 3.8) is 0 Å². The second-order valence-corrected chi connectivity index (χ2v) is 5.79. The summed E-state index contributed by atoms with van der Waals surface area (Å²) in [5, 5.41) is 13.0. The molecule has 0 saturated heterocycles. The molecule has 3 nitrogen and oxygen atoms in total. The van der Waals surface area contributed by atoms with Crippen LogP contribution in [0.1, 0.15) is 32.6 Å². The molecular formula is C10H21NO2S. The van der Waals surface area contributed by atoms with E-state index >= 15 is 0 Å². The maximum Gasteiger partial charge on any atom is 0.0693 e. The second-order valence-electron chi connectivity index (χ2n) is 4.24. The molecule has 14 heavy (non-hydrogen) atoms. The molecule has 1 rings (SSSR count). The molecule has 0 bridgehead atoms.